The second-order valence-corrected chi connectivity index (χ2v) is 5.57. The van der Waals surface area contributed by atoms with E-state index in [9.17, 15) is 0 Å². The maximum atomic E-state index is 5.91. The molecule has 1 heterocycles. The van der Waals surface area contributed by atoms with E-state index in [1.807, 2.05) is 0 Å². The molecule has 0 spiro atoms. The van der Waals surface area contributed by atoms with Crippen LogP contribution in [0.3, 0.4) is 0 Å². The van der Waals surface area contributed by atoms with Crippen molar-refractivity contribution >= 4 is 0 Å². The Kier molecular flexibility index (Phi) is 4.62. The van der Waals surface area contributed by atoms with E-state index >= 15 is 0 Å². The monoisotopic (exact) mass is 226 g/mol. The molecule has 1 saturated carbocycles. The zero-order valence-electron chi connectivity index (χ0n) is 10.5. The average Bonchev–Trinajstić information content (AvgIpc) is 2.73. The maximum Gasteiger partial charge on any atom is 0.0469 e. The fourth-order valence-electron chi connectivity index (χ4n) is 3.18. The molecule has 3 nitrogen and oxygen atoms in total. The van der Waals surface area contributed by atoms with Gasteiger partial charge in [-0.2, -0.15) is 0 Å². The van der Waals surface area contributed by atoms with Crippen molar-refractivity contribution in [1.29, 1.82) is 0 Å². The Labute approximate surface area is 99.1 Å². The standard InChI is InChI=1S/C13H26N2O/c1-10-2-3-12(8-10)15-13(9-14)11-4-6-16-7-5-11/h10-13,15H,2-9,14H2,1H3. The molecule has 16 heavy (non-hydrogen) atoms. The van der Waals surface area contributed by atoms with Gasteiger partial charge < -0.3 is 15.8 Å². The zero-order valence-corrected chi connectivity index (χ0v) is 10.5. The smallest absolute Gasteiger partial charge is 0.0469 e. The van der Waals surface area contributed by atoms with Crippen LogP contribution in [-0.2, 0) is 4.74 Å². The van der Waals surface area contributed by atoms with Gasteiger partial charge in [-0.15, -0.1) is 0 Å². The second kappa shape index (κ2) is 5.99. The van der Waals surface area contributed by atoms with E-state index in [1.165, 1.54) is 32.1 Å². The first-order valence-electron chi connectivity index (χ1n) is 6.83. The van der Waals surface area contributed by atoms with Crippen LogP contribution in [0, 0.1) is 11.8 Å². The van der Waals surface area contributed by atoms with E-state index in [2.05, 4.69) is 12.2 Å². The largest absolute Gasteiger partial charge is 0.381 e. The molecule has 3 heteroatoms. The molecule has 3 atom stereocenters. The van der Waals surface area contributed by atoms with Gasteiger partial charge in [0.25, 0.3) is 0 Å². The van der Waals surface area contributed by atoms with E-state index in [-0.39, 0.29) is 0 Å². The van der Waals surface area contributed by atoms with Crippen LogP contribution in [0.4, 0.5) is 0 Å². The van der Waals surface area contributed by atoms with Crippen molar-refractivity contribution in [2.24, 2.45) is 17.6 Å². The first-order valence-corrected chi connectivity index (χ1v) is 6.83. The molecule has 1 aliphatic carbocycles. The van der Waals surface area contributed by atoms with Crippen molar-refractivity contribution in [2.75, 3.05) is 19.8 Å². The first kappa shape index (κ1) is 12.3. The number of hydrogen-bond donors (Lipinski definition) is 2. The lowest BCUT2D eigenvalue weighted by Gasteiger charge is -2.32. The molecule has 2 fully saturated rings. The minimum atomic E-state index is 0.513. The number of rotatable bonds is 4. The molecule has 2 aliphatic rings. The minimum Gasteiger partial charge on any atom is -0.381 e. The molecule has 2 rings (SSSR count). The molecule has 3 unspecified atom stereocenters. The van der Waals surface area contributed by atoms with Gasteiger partial charge in [-0.05, 0) is 43.9 Å². The Balaban J connectivity index is 1.80. The van der Waals surface area contributed by atoms with Crippen LogP contribution in [0.25, 0.3) is 0 Å². The average molecular weight is 226 g/mol. The normalized spacial score (nSPS) is 34.1. The maximum absolute atomic E-state index is 5.91. The van der Waals surface area contributed by atoms with Gasteiger partial charge in [-0.25, -0.2) is 0 Å². The van der Waals surface area contributed by atoms with Gasteiger partial charge in [-0.1, -0.05) is 6.92 Å². The summed E-state index contributed by atoms with van der Waals surface area (Å²) >= 11 is 0. The van der Waals surface area contributed by atoms with Crippen molar-refractivity contribution in [1.82, 2.24) is 5.32 Å². The Morgan fingerprint density at radius 1 is 1.25 bits per heavy atom. The Morgan fingerprint density at radius 3 is 2.56 bits per heavy atom. The Hall–Kier alpha value is -0.120. The van der Waals surface area contributed by atoms with Gasteiger partial charge in [0, 0.05) is 31.8 Å². The minimum absolute atomic E-state index is 0.513. The highest BCUT2D eigenvalue weighted by atomic mass is 16.5. The number of nitrogens with one attached hydrogen (secondary N) is 1. The van der Waals surface area contributed by atoms with Gasteiger partial charge in [0.05, 0.1) is 0 Å². The van der Waals surface area contributed by atoms with Gasteiger partial charge >= 0.3 is 0 Å². The summed E-state index contributed by atoms with van der Waals surface area (Å²) < 4.78 is 5.41. The molecule has 1 saturated heterocycles. The number of hydrogen-bond acceptors (Lipinski definition) is 3. The third-order valence-corrected chi connectivity index (χ3v) is 4.23. The zero-order chi connectivity index (χ0) is 11.4. The first-order chi connectivity index (χ1) is 7.79. The number of nitrogens with two attached hydrogens (primary N) is 1. The quantitative estimate of drug-likeness (QED) is 0.764. The summed E-state index contributed by atoms with van der Waals surface area (Å²) in [6, 6.07) is 1.23. The number of ether oxygens (including phenoxy) is 1. The van der Waals surface area contributed by atoms with Gasteiger partial charge in [0.15, 0.2) is 0 Å². The summed E-state index contributed by atoms with van der Waals surface area (Å²) in [5.41, 5.74) is 5.91. The van der Waals surface area contributed by atoms with E-state index in [4.69, 9.17) is 10.5 Å². The van der Waals surface area contributed by atoms with E-state index < -0.39 is 0 Å². The Bertz CT molecular complexity index is 204. The molecule has 0 aromatic rings. The van der Waals surface area contributed by atoms with E-state index in [0.717, 1.165) is 31.6 Å². The van der Waals surface area contributed by atoms with Crippen LogP contribution in [0.5, 0.6) is 0 Å². The molecule has 1 aliphatic heterocycles. The van der Waals surface area contributed by atoms with Crippen molar-refractivity contribution < 1.29 is 4.74 Å². The van der Waals surface area contributed by atoms with Crippen molar-refractivity contribution in [3.8, 4) is 0 Å². The van der Waals surface area contributed by atoms with Crippen LogP contribution in [0.1, 0.15) is 39.0 Å². The Morgan fingerprint density at radius 2 is 2.00 bits per heavy atom. The second-order valence-electron chi connectivity index (χ2n) is 5.57. The van der Waals surface area contributed by atoms with Crippen LogP contribution >= 0.6 is 0 Å². The third-order valence-electron chi connectivity index (χ3n) is 4.23. The van der Waals surface area contributed by atoms with Crippen molar-refractivity contribution in [3.63, 3.8) is 0 Å². The summed E-state index contributed by atoms with van der Waals surface area (Å²) in [4.78, 5) is 0. The summed E-state index contributed by atoms with van der Waals surface area (Å²) in [5.74, 6) is 1.63. The highest BCUT2D eigenvalue weighted by molar-refractivity contribution is 4.86. The van der Waals surface area contributed by atoms with E-state index in [1.54, 1.807) is 0 Å². The lowest BCUT2D eigenvalue weighted by molar-refractivity contribution is 0.0531. The predicted molar refractivity (Wildman–Crippen MR) is 66.3 cm³/mol. The van der Waals surface area contributed by atoms with Crippen LogP contribution in [0.2, 0.25) is 0 Å². The molecular weight excluding hydrogens is 200 g/mol. The topological polar surface area (TPSA) is 47.3 Å². The fraction of sp³-hybridized carbons (Fsp3) is 1.00. The molecule has 0 aromatic heterocycles. The van der Waals surface area contributed by atoms with Crippen molar-refractivity contribution in [3.05, 3.63) is 0 Å². The summed E-state index contributed by atoms with van der Waals surface area (Å²) in [5, 5.41) is 3.79. The molecular formula is C13H26N2O. The lowest BCUT2D eigenvalue weighted by atomic mass is 9.91. The van der Waals surface area contributed by atoms with E-state index in [0.29, 0.717) is 12.1 Å². The molecule has 0 amide bonds. The molecule has 0 aromatic carbocycles. The van der Waals surface area contributed by atoms with Crippen LogP contribution < -0.4 is 11.1 Å². The van der Waals surface area contributed by atoms with Crippen molar-refractivity contribution in [2.45, 2.75) is 51.1 Å². The van der Waals surface area contributed by atoms with Crippen LogP contribution in [-0.4, -0.2) is 31.8 Å². The van der Waals surface area contributed by atoms with Gasteiger partial charge in [-0.3, -0.25) is 0 Å². The van der Waals surface area contributed by atoms with Gasteiger partial charge in [0.2, 0.25) is 0 Å². The molecule has 0 radical (unpaired) electrons. The molecule has 3 N–H and O–H groups in total. The third kappa shape index (κ3) is 3.19. The summed E-state index contributed by atoms with van der Waals surface area (Å²) in [7, 11) is 0. The summed E-state index contributed by atoms with van der Waals surface area (Å²) in [6.07, 6.45) is 6.40. The highest BCUT2D eigenvalue weighted by Gasteiger charge is 2.28. The fourth-order valence-corrected chi connectivity index (χ4v) is 3.18. The predicted octanol–water partition coefficient (Wildman–Crippen LogP) is 1.52. The SMILES string of the molecule is CC1CCC(NC(CN)C2CCOCC2)C1. The highest BCUT2D eigenvalue weighted by Crippen LogP contribution is 2.26. The van der Waals surface area contributed by atoms with Crippen LogP contribution in [0.15, 0.2) is 0 Å². The van der Waals surface area contributed by atoms with Gasteiger partial charge in [0.1, 0.15) is 0 Å². The molecule has 0 bridgehead atoms. The summed E-state index contributed by atoms with van der Waals surface area (Å²) in [6.45, 7) is 4.97. The molecule has 94 valence electrons. The lowest BCUT2D eigenvalue weighted by Crippen LogP contribution is -2.48.